The number of aliphatic hydroxyl groups excluding tert-OH is 3. The highest BCUT2D eigenvalue weighted by molar-refractivity contribution is 6.31. The van der Waals surface area contributed by atoms with Gasteiger partial charge in [0.25, 0.3) is 0 Å². The predicted molar refractivity (Wildman–Crippen MR) is 101 cm³/mol. The molecule has 6 heteroatoms. The fourth-order valence-corrected chi connectivity index (χ4v) is 4.10. The molecular weight excluding hydrogens is 368 g/mol. The van der Waals surface area contributed by atoms with Crippen LogP contribution < -0.4 is 0 Å². The van der Waals surface area contributed by atoms with Gasteiger partial charge in [-0.25, -0.2) is 0 Å². The lowest BCUT2D eigenvalue weighted by Gasteiger charge is -2.42. The molecule has 2 heterocycles. The summed E-state index contributed by atoms with van der Waals surface area (Å²) < 4.78 is 11.9. The summed E-state index contributed by atoms with van der Waals surface area (Å²) >= 11 is 6.41. The lowest BCUT2D eigenvalue weighted by molar-refractivity contribution is -0.281. The monoisotopic (exact) mass is 390 g/mol. The number of aryl methyl sites for hydroxylation is 1. The number of aliphatic hydroxyl groups is 3. The molecule has 0 spiro atoms. The third-order valence-electron chi connectivity index (χ3n) is 5.57. The van der Waals surface area contributed by atoms with E-state index in [2.05, 4.69) is 24.3 Å². The zero-order valence-corrected chi connectivity index (χ0v) is 15.8. The normalized spacial score (nSPS) is 32.6. The number of benzene rings is 2. The van der Waals surface area contributed by atoms with Crippen LogP contribution >= 0.6 is 11.6 Å². The molecule has 2 aromatic rings. The van der Waals surface area contributed by atoms with Gasteiger partial charge in [-0.05, 0) is 36.6 Å². The van der Waals surface area contributed by atoms with Gasteiger partial charge in [0.1, 0.15) is 11.7 Å². The van der Waals surface area contributed by atoms with Crippen LogP contribution in [-0.4, -0.2) is 46.3 Å². The van der Waals surface area contributed by atoms with Gasteiger partial charge in [0, 0.05) is 17.0 Å². The molecule has 2 saturated heterocycles. The Morgan fingerprint density at radius 3 is 2.59 bits per heavy atom. The molecule has 0 radical (unpaired) electrons. The summed E-state index contributed by atoms with van der Waals surface area (Å²) in [5.74, 6) is -1.20. The van der Waals surface area contributed by atoms with Crippen molar-refractivity contribution in [3.8, 4) is 0 Å². The minimum absolute atomic E-state index is 0.0116. The van der Waals surface area contributed by atoms with E-state index in [4.69, 9.17) is 21.1 Å². The van der Waals surface area contributed by atoms with Gasteiger partial charge < -0.3 is 24.8 Å². The molecule has 144 valence electrons. The van der Waals surface area contributed by atoms with Crippen LogP contribution in [0.5, 0.6) is 0 Å². The summed E-state index contributed by atoms with van der Waals surface area (Å²) in [5, 5.41) is 30.9. The molecule has 2 aliphatic heterocycles. The van der Waals surface area contributed by atoms with Crippen molar-refractivity contribution in [2.45, 2.75) is 43.4 Å². The zero-order chi connectivity index (χ0) is 19.2. The summed E-state index contributed by atoms with van der Waals surface area (Å²) in [7, 11) is 0. The van der Waals surface area contributed by atoms with E-state index in [-0.39, 0.29) is 13.0 Å². The first-order chi connectivity index (χ1) is 12.9. The Hall–Kier alpha value is -1.47. The summed E-state index contributed by atoms with van der Waals surface area (Å²) in [4.78, 5) is 0. The lowest BCUT2D eigenvalue weighted by Crippen LogP contribution is -2.59. The fraction of sp³-hybridized carbons (Fsp3) is 0.429. The molecule has 27 heavy (non-hydrogen) atoms. The second-order valence-electron chi connectivity index (χ2n) is 7.55. The summed E-state index contributed by atoms with van der Waals surface area (Å²) in [5.41, 5.74) is 2.65. The number of hydrogen-bond donors (Lipinski definition) is 3. The van der Waals surface area contributed by atoms with Crippen LogP contribution in [0.25, 0.3) is 0 Å². The first kappa shape index (κ1) is 18.9. The molecule has 2 fully saturated rings. The number of hydrogen-bond acceptors (Lipinski definition) is 5. The number of halogens is 1. The number of fused-ring (bicyclic) bond motifs is 2. The van der Waals surface area contributed by atoms with Crippen LogP contribution in [0, 0.1) is 6.92 Å². The largest absolute Gasteiger partial charge is 0.393 e. The lowest BCUT2D eigenvalue weighted by atomic mass is 9.85. The molecule has 0 aliphatic carbocycles. The Bertz CT molecular complexity index is 839. The maximum Gasteiger partial charge on any atom is 0.198 e. The fourth-order valence-electron chi connectivity index (χ4n) is 3.91. The van der Waals surface area contributed by atoms with E-state index in [1.807, 2.05) is 13.0 Å². The Morgan fingerprint density at radius 2 is 1.89 bits per heavy atom. The Kier molecular flexibility index (Phi) is 4.79. The minimum atomic E-state index is -1.31. The molecule has 2 bridgehead atoms. The van der Waals surface area contributed by atoms with Crippen molar-refractivity contribution in [1.82, 2.24) is 0 Å². The second-order valence-corrected chi connectivity index (χ2v) is 7.96. The van der Waals surface area contributed by atoms with Crippen LogP contribution in [-0.2, 0) is 21.7 Å². The Labute approximate surface area is 163 Å². The average Bonchev–Trinajstić information content (AvgIpc) is 3.01. The van der Waals surface area contributed by atoms with E-state index >= 15 is 0 Å². The molecule has 4 atom stereocenters. The number of rotatable bonds is 4. The SMILES string of the molecule is Cc1ccc(Cc2cc([C@]34C[C@@H](O)[C@H](O)[C@](CO)(CO3)O4)ccc2Cl)cc1. The Balaban J connectivity index is 1.67. The molecule has 5 nitrogen and oxygen atoms in total. The highest BCUT2D eigenvalue weighted by Gasteiger charge is 2.62. The molecule has 0 unspecified atom stereocenters. The Morgan fingerprint density at radius 1 is 1.15 bits per heavy atom. The maximum absolute atomic E-state index is 10.3. The van der Waals surface area contributed by atoms with Gasteiger partial charge >= 0.3 is 0 Å². The van der Waals surface area contributed by atoms with Crippen molar-refractivity contribution >= 4 is 11.6 Å². The van der Waals surface area contributed by atoms with Gasteiger partial charge in [0.05, 0.1) is 19.3 Å². The molecule has 0 saturated carbocycles. The van der Waals surface area contributed by atoms with Crippen molar-refractivity contribution in [3.63, 3.8) is 0 Å². The first-order valence-corrected chi connectivity index (χ1v) is 9.41. The third-order valence-corrected chi connectivity index (χ3v) is 5.94. The predicted octanol–water partition coefficient (Wildman–Crippen LogP) is 2.30. The van der Waals surface area contributed by atoms with Gasteiger partial charge in [-0.3, -0.25) is 0 Å². The molecule has 2 aliphatic rings. The van der Waals surface area contributed by atoms with Crippen LogP contribution in [0.3, 0.4) is 0 Å². The zero-order valence-electron chi connectivity index (χ0n) is 15.1. The standard InChI is InChI=1S/C21H23ClO5/c1-13-2-4-14(5-3-13)8-15-9-16(6-7-17(15)22)21-10-18(24)19(25)20(11-23,27-21)12-26-21/h2-7,9,18-19,23-25H,8,10-12H2,1H3/t18-,19+,20+,21-/m1/s1. The van der Waals surface area contributed by atoms with Gasteiger partial charge in [-0.15, -0.1) is 0 Å². The first-order valence-electron chi connectivity index (χ1n) is 9.03. The van der Waals surface area contributed by atoms with Crippen molar-refractivity contribution in [3.05, 3.63) is 69.7 Å². The molecule has 2 aromatic carbocycles. The van der Waals surface area contributed by atoms with Gasteiger partial charge in [-0.2, -0.15) is 0 Å². The van der Waals surface area contributed by atoms with Crippen LogP contribution in [0.15, 0.2) is 42.5 Å². The second kappa shape index (κ2) is 6.85. The summed E-state index contributed by atoms with van der Waals surface area (Å²) in [6.45, 7) is 1.62. The van der Waals surface area contributed by atoms with Gasteiger partial charge in [0.15, 0.2) is 5.79 Å². The van der Waals surface area contributed by atoms with Crippen LogP contribution in [0.4, 0.5) is 0 Å². The quantitative estimate of drug-likeness (QED) is 0.746. The van der Waals surface area contributed by atoms with Gasteiger partial charge in [-0.1, -0.05) is 47.5 Å². The van der Waals surface area contributed by atoms with Crippen molar-refractivity contribution in [1.29, 1.82) is 0 Å². The topological polar surface area (TPSA) is 79.2 Å². The molecule has 0 aromatic heterocycles. The molecule has 4 rings (SSSR count). The van der Waals surface area contributed by atoms with E-state index in [0.29, 0.717) is 11.4 Å². The van der Waals surface area contributed by atoms with Crippen molar-refractivity contribution in [2.75, 3.05) is 13.2 Å². The van der Waals surface area contributed by atoms with Gasteiger partial charge in [0.2, 0.25) is 0 Å². The highest BCUT2D eigenvalue weighted by Crippen LogP contribution is 2.49. The molecule has 3 N–H and O–H groups in total. The third kappa shape index (κ3) is 3.18. The summed E-state index contributed by atoms with van der Waals surface area (Å²) in [6.07, 6.45) is -1.51. The smallest absolute Gasteiger partial charge is 0.198 e. The highest BCUT2D eigenvalue weighted by atomic mass is 35.5. The summed E-state index contributed by atoms with van der Waals surface area (Å²) in [6, 6.07) is 13.8. The molecular formula is C21H23ClO5. The van der Waals surface area contributed by atoms with E-state index in [1.54, 1.807) is 12.1 Å². The maximum atomic E-state index is 10.3. The molecule has 0 amide bonds. The van der Waals surface area contributed by atoms with E-state index in [9.17, 15) is 15.3 Å². The number of ether oxygens (including phenoxy) is 2. The van der Waals surface area contributed by atoms with Crippen molar-refractivity contribution < 1.29 is 24.8 Å². The van der Waals surface area contributed by atoms with Crippen molar-refractivity contribution in [2.24, 2.45) is 0 Å². The minimum Gasteiger partial charge on any atom is -0.393 e. The van der Waals surface area contributed by atoms with E-state index < -0.39 is 30.2 Å². The van der Waals surface area contributed by atoms with E-state index in [0.717, 1.165) is 16.7 Å². The van der Waals surface area contributed by atoms with E-state index in [1.165, 1.54) is 5.56 Å². The van der Waals surface area contributed by atoms with Crippen LogP contribution in [0.1, 0.15) is 28.7 Å². The van der Waals surface area contributed by atoms with Crippen LogP contribution in [0.2, 0.25) is 5.02 Å². The average molecular weight is 391 g/mol.